The first kappa shape index (κ1) is 21.0. The van der Waals surface area contributed by atoms with Crippen LogP contribution in [0.25, 0.3) is 11.1 Å². The maximum absolute atomic E-state index is 2.55. The molecule has 5 rings (SSSR count). The Morgan fingerprint density at radius 1 is 0.576 bits per heavy atom. The molecule has 1 heteroatoms. The predicted octanol–water partition coefficient (Wildman–Crippen LogP) is 8.20. The van der Waals surface area contributed by atoms with E-state index in [9.17, 15) is 0 Å². The van der Waals surface area contributed by atoms with Gasteiger partial charge in [0.2, 0.25) is 0 Å². The van der Waals surface area contributed by atoms with Crippen LogP contribution in [0.1, 0.15) is 36.6 Å². The summed E-state index contributed by atoms with van der Waals surface area (Å²) in [7, 11) is 0. The highest BCUT2D eigenvalue weighted by molar-refractivity contribution is 5.84. The second-order valence-corrected chi connectivity index (χ2v) is 8.65. The molecule has 0 saturated carbocycles. The Morgan fingerprint density at radius 3 is 1.58 bits per heavy atom. The van der Waals surface area contributed by atoms with Crippen molar-refractivity contribution in [1.82, 2.24) is 0 Å². The quantitative estimate of drug-likeness (QED) is 0.317. The van der Waals surface area contributed by atoms with Crippen LogP contribution in [0.3, 0.4) is 0 Å². The molecule has 162 valence electrons. The molecule has 1 unspecified atom stereocenters. The zero-order chi connectivity index (χ0) is 22.6. The lowest BCUT2D eigenvalue weighted by molar-refractivity contribution is 0.810. The van der Waals surface area contributed by atoms with Crippen LogP contribution in [0.4, 0.5) is 5.69 Å². The fourth-order valence-electron chi connectivity index (χ4n) is 4.97. The molecule has 0 aromatic heterocycles. The minimum Gasteiger partial charge on any atom is -0.356 e. The Balaban J connectivity index is 1.79. The molecule has 1 aliphatic heterocycles. The van der Waals surface area contributed by atoms with E-state index in [-0.39, 0.29) is 6.04 Å². The molecule has 0 bridgehead atoms. The second-order valence-electron chi connectivity index (χ2n) is 8.65. The average Bonchev–Trinajstić information content (AvgIpc) is 3.30. The predicted molar refractivity (Wildman–Crippen MR) is 141 cm³/mol. The number of para-hydroxylation sites is 1. The summed E-state index contributed by atoms with van der Waals surface area (Å²) in [5.74, 6) is 0. The highest BCUT2D eigenvalue weighted by Crippen LogP contribution is 2.48. The number of allylic oxidation sites excluding steroid dienone is 2. The van der Waals surface area contributed by atoms with Crippen molar-refractivity contribution in [3.8, 4) is 0 Å². The van der Waals surface area contributed by atoms with Gasteiger partial charge in [-0.15, -0.1) is 0 Å². The third kappa shape index (κ3) is 4.15. The normalized spacial score (nSPS) is 18.8. The first-order valence-corrected chi connectivity index (χ1v) is 11.6. The molecule has 1 atom stereocenters. The van der Waals surface area contributed by atoms with Crippen molar-refractivity contribution in [2.24, 2.45) is 0 Å². The van der Waals surface area contributed by atoms with Crippen molar-refractivity contribution < 1.29 is 0 Å². The third-order valence-electron chi connectivity index (χ3n) is 6.71. The van der Waals surface area contributed by atoms with E-state index in [0.29, 0.717) is 0 Å². The van der Waals surface area contributed by atoms with Crippen LogP contribution in [0.2, 0.25) is 0 Å². The van der Waals surface area contributed by atoms with Crippen LogP contribution < -0.4 is 4.90 Å². The van der Waals surface area contributed by atoms with Gasteiger partial charge in [0.15, 0.2) is 0 Å². The maximum atomic E-state index is 2.55. The lowest BCUT2D eigenvalue weighted by atomic mass is 9.87. The Hall–Kier alpha value is -3.84. The van der Waals surface area contributed by atoms with E-state index in [0.717, 1.165) is 6.54 Å². The van der Waals surface area contributed by atoms with Crippen LogP contribution >= 0.6 is 0 Å². The van der Waals surface area contributed by atoms with Gasteiger partial charge in [-0.05, 0) is 65.0 Å². The third-order valence-corrected chi connectivity index (χ3v) is 6.71. The van der Waals surface area contributed by atoms with E-state index < -0.39 is 0 Å². The summed E-state index contributed by atoms with van der Waals surface area (Å²) in [5, 5.41) is 0. The number of benzene rings is 4. The number of nitrogens with zero attached hydrogens (tertiary/aromatic N) is 1. The van der Waals surface area contributed by atoms with E-state index in [1.165, 1.54) is 44.7 Å². The van der Waals surface area contributed by atoms with E-state index in [1.54, 1.807) is 0 Å². The van der Waals surface area contributed by atoms with Gasteiger partial charge in [0.05, 0.1) is 6.04 Å². The second kappa shape index (κ2) is 9.34. The maximum Gasteiger partial charge on any atom is 0.0805 e. The van der Waals surface area contributed by atoms with Crippen molar-refractivity contribution in [1.29, 1.82) is 0 Å². The van der Waals surface area contributed by atoms with Crippen LogP contribution in [0.15, 0.2) is 132 Å². The Kier molecular flexibility index (Phi) is 5.95. The molecule has 4 aromatic carbocycles. The van der Waals surface area contributed by atoms with Gasteiger partial charge in [-0.3, -0.25) is 0 Å². The summed E-state index contributed by atoms with van der Waals surface area (Å²) in [5.41, 5.74) is 10.7. The summed E-state index contributed by atoms with van der Waals surface area (Å²) < 4.78 is 0. The molecule has 0 spiro atoms. The van der Waals surface area contributed by atoms with Gasteiger partial charge < -0.3 is 4.90 Å². The van der Waals surface area contributed by atoms with Crippen LogP contribution in [-0.2, 0) is 0 Å². The van der Waals surface area contributed by atoms with Crippen molar-refractivity contribution in [3.05, 3.63) is 149 Å². The SMILES string of the molecule is C/C(=C1/CN(c2ccccc2)C(c2ccccc2)/C1=C(/C)c1ccccc1)c1ccccc1. The Bertz CT molecular complexity index is 1270. The summed E-state index contributed by atoms with van der Waals surface area (Å²) in [6.45, 7) is 5.44. The summed E-state index contributed by atoms with van der Waals surface area (Å²) in [6.07, 6.45) is 0. The molecule has 1 fully saturated rings. The lowest BCUT2D eigenvalue weighted by Crippen LogP contribution is -2.23. The molecule has 0 radical (unpaired) electrons. The molecule has 1 aliphatic rings. The van der Waals surface area contributed by atoms with Crippen LogP contribution in [-0.4, -0.2) is 6.54 Å². The molecule has 0 N–H and O–H groups in total. The number of hydrogen-bond donors (Lipinski definition) is 0. The Labute approximate surface area is 197 Å². The molecule has 1 nitrogen and oxygen atoms in total. The molecule has 0 amide bonds. The topological polar surface area (TPSA) is 3.24 Å². The minimum atomic E-state index is 0.155. The Morgan fingerprint density at radius 2 is 1.03 bits per heavy atom. The van der Waals surface area contributed by atoms with Crippen molar-refractivity contribution in [2.75, 3.05) is 11.4 Å². The largest absolute Gasteiger partial charge is 0.356 e. The molecule has 1 saturated heterocycles. The lowest BCUT2D eigenvalue weighted by Gasteiger charge is -2.28. The van der Waals surface area contributed by atoms with E-state index in [4.69, 9.17) is 0 Å². The minimum absolute atomic E-state index is 0.155. The van der Waals surface area contributed by atoms with Gasteiger partial charge >= 0.3 is 0 Å². The van der Waals surface area contributed by atoms with Gasteiger partial charge in [0.25, 0.3) is 0 Å². The monoisotopic (exact) mass is 427 g/mol. The van der Waals surface area contributed by atoms with Crippen LogP contribution in [0.5, 0.6) is 0 Å². The number of hydrogen-bond acceptors (Lipinski definition) is 1. The molecule has 4 aromatic rings. The molecule has 33 heavy (non-hydrogen) atoms. The highest BCUT2D eigenvalue weighted by Gasteiger charge is 2.36. The van der Waals surface area contributed by atoms with Gasteiger partial charge in [-0.1, -0.05) is 109 Å². The fourth-order valence-corrected chi connectivity index (χ4v) is 4.97. The highest BCUT2D eigenvalue weighted by atomic mass is 15.2. The summed E-state index contributed by atoms with van der Waals surface area (Å²) in [6, 6.07) is 43.5. The summed E-state index contributed by atoms with van der Waals surface area (Å²) in [4.78, 5) is 2.55. The first-order chi connectivity index (χ1) is 16.2. The molecule has 1 heterocycles. The number of rotatable bonds is 4. The zero-order valence-corrected chi connectivity index (χ0v) is 19.3. The van der Waals surface area contributed by atoms with Crippen molar-refractivity contribution in [3.63, 3.8) is 0 Å². The summed E-state index contributed by atoms with van der Waals surface area (Å²) >= 11 is 0. The van der Waals surface area contributed by atoms with Gasteiger partial charge in [-0.2, -0.15) is 0 Å². The van der Waals surface area contributed by atoms with Crippen molar-refractivity contribution >= 4 is 16.8 Å². The van der Waals surface area contributed by atoms with E-state index in [2.05, 4.69) is 140 Å². The van der Waals surface area contributed by atoms with Gasteiger partial charge in [0.1, 0.15) is 0 Å². The van der Waals surface area contributed by atoms with E-state index in [1.807, 2.05) is 0 Å². The van der Waals surface area contributed by atoms with Gasteiger partial charge in [-0.25, -0.2) is 0 Å². The first-order valence-electron chi connectivity index (χ1n) is 11.6. The fraction of sp³-hybridized carbons (Fsp3) is 0.125. The molecule has 0 aliphatic carbocycles. The number of anilines is 1. The smallest absolute Gasteiger partial charge is 0.0805 e. The van der Waals surface area contributed by atoms with Crippen LogP contribution in [0, 0.1) is 0 Å². The zero-order valence-electron chi connectivity index (χ0n) is 19.3. The van der Waals surface area contributed by atoms with Crippen molar-refractivity contribution in [2.45, 2.75) is 19.9 Å². The standard InChI is InChI=1S/C32H29N/c1-24(26-15-7-3-8-16-26)30-23-33(29-21-13-6-14-22-29)32(28-19-11-5-12-20-28)31(30)25(2)27-17-9-4-10-18-27/h3-22,32H,23H2,1-2H3/b30-24+,31-25-. The molecular formula is C32H29N. The molecular weight excluding hydrogens is 398 g/mol. The van der Waals surface area contributed by atoms with E-state index >= 15 is 0 Å². The van der Waals surface area contributed by atoms with Gasteiger partial charge in [0, 0.05) is 12.2 Å². The average molecular weight is 428 g/mol.